The van der Waals surface area contributed by atoms with Gasteiger partial charge in [0.05, 0.1) is 11.4 Å². The van der Waals surface area contributed by atoms with Gasteiger partial charge < -0.3 is 4.90 Å². The van der Waals surface area contributed by atoms with E-state index < -0.39 is 0 Å². The van der Waals surface area contributed by atoms with E-state index >= 15 is 0 Å². The monoisotopic (exact) mass is 729 g/mol. The first kappa shape index (κ1) is 32.4. The summed E-state index contributed by atoms with van der Waals surface area (Å²) in [5.74, 6) is 0. The van der Waals surface area contributed by atoms with Crippen LogP contribution in [0, 0.1) is 0 Å². The molecule has 10 aromatic carbocycles. The second-order valence-electron chi connectivity index (χ2n) is 14.5. The van der Waals surface area contributed by atoms with E-state index in [1.165, 1.54) is 85.9 Å². The summed E-state index contributed by atoms with van der Waals surface area (Å²) in [4.78, 5) is 2.52. The van der Waals surface area contributed by atoms with Gasteiger partial charge in [-0.05, 0) is 97.0 Å². The Bertz CT molecular complexity index is 3260. The van der Waals surface area contributed by atoms with Crippen LogP contribution >= 0.6 is 11.3 Å². The van der Waals surface area contributed by atoms with Gasteiger partial charge in [0, 0.05) is 37.0 Å². The molecule has 0 radical (unpaired) electrons. The molecule has 0 aliphatic heterocycles. The van der Waals surface area contributed by atoms with E-state index in [0.29, 0.717) is 0 Å². The molecule has 2 heteroatoms. The van der Waals surface area contributed by atoms with Crippen LogP contribution in [0.15, 0.2) is 212 Å². The van der Waals surface area contributed by atoms with Crippen molar-refractivity contribution in [3.05, 3.63) is 212 Å². The van der Waals surface area contributed by atoms with Crippen molar-refractivity contribution in [3.63, 3.8) is 0 Å². The Morgan fingerprint density at radius 2 is 0.929 bits per heavy atom. The van der Waals surface area contributed by atoms with Crippen LogP contribution in [-0.4, -0.2) is 0 Å². The molecular formula is C54H35NS. The van der Waals surface area contributed by atoms with E-state index in [9.17, 15) is 0 Å². The van der Waals surface area contributed by atoms with Crippen molar-refractivity contribution in [2.75, 3.05) is 4.90 Å². The van der Waals surface area contributed by atoms with Crippen LogP contribution in [0.2, 0.25) is 0 Å². The Morgan fingerprint density at radius 1 is 0.304 bits per heavy atom. The normalized spacial score (nSPS) is 11.6. The van der Waals surface area contributed by atoms with Gasteiger partial charge in [0.25, 0.3) is 0 Å². The summed E-state index contributed by atoms with van der Waals surface area (Å²) in [5.41, 5.74) is 10.5. The summed E-state index contributed by atoms with van der Waals surface area (Å²) >= 11 is 1.86. The number of thiophene rings is 1. The first-order chi connectivity index (χ1) is 27.8. The zero-order chi connectivity index (χ0) is 37.0. The Kier molecular flexibility index (Phi) is 7.75. The molecular weight excluding hydrogens is 695 g/mol. The molecule has 0 bridgehead atoms. The third-order valence-corrected chi connectivity index (χ3v) is 12.4. The molecule has 1 aromatic heterocycles. The van der Waals surface area contributed by atoms with Gasteiger partial charge in [-0.3, -0.25) is 0 Å². The highest BCUT2D eigenvalue weighted by atomic mass is 32.1. The van der Waals surface area contributed by atoms with Gasteiger partial charge in [0.15, 0.2) is 0 Å². The van der Waals surface area contributed by atoms with Gasteiger partial charge in [-0.1, -0.05) is 170 Å². The van der Waals surface area contributed by atoms with Crippen LogP contribution in [0.3, 0.4) is 0 Å². The standard InChI is InChI=1S/C54H35NS/c1-2-13-36(14-3-1)41-28-31-50(49(34-41)42-26-25-37-15-4-5-18-40(37)33-42)55(43-29-30-47-46-22-10-11-24-52(46)56-53(47)35-43)51-32-27-39-17-7-9-21-45(39)54(51)48-23-12-19-38-16-6-8-20-44(38)48/h1-35H. The average molecular weight is 730 g/mol. The molecule has 262 valence electrons. The van der Waals surface area contributed by atoms with Gasteiger partial charge in [-0.25, -0.2) is 0 Å². The minimum absolute atomic E-state index is 1.12. The van der Waals surface area contributed by atoms with Gasteiger partial charge in [-0.2, -0.15) is 0 Å². The van der Waals surface area contributed by atoms with Crippen molar-refractivity contribution in [1.82, 2.24) is 0 Å². The first-order valence-corrected chi connectivity index (χ1v) is 20.0. The van der Waals surface area contributed by atoms with Crippen molar-refractivity contribution in [1.29, 1.82) is 0 Å². The minimum Gasteiger partial charge on any atom is -0.309 e. The van der Waals surface area contributed by atoms with Crippen molar-refractivity contribution >= 4 is 80.9 Å². The van der Waals surface area contributed by atoms with Gasteiger partial charge >= 0.3 is 0 Å². The molecule has 1 nitrogen and oxygen atoms in total. The molecule has 0 spiro atoms. The van der Waals surface area contributed by atoms with E-state index in [4.69, 9.17) is 0 Å². The van der Waals surface area contributed by atoms with E-state index in [1.54, 1.807) is 0 Å². The molecule has 0 fully saturated rings. The lowest BCUT2D eigenvalue weighted by Crippen LogP contribution is -2.13. The van der Waals surface area contributed by atoms with Gasteiger partial charge in [0.1, 0.15) is 0 Å². The number of fused-ring (bicyclic) bond motifs is 6. The molecule has 0 saturated heterocycles. The Labute approximate surface area is 330 Å². The third kappa shape index (κ3) is 5.46. The predicted octanol–water partition coefficient (Wildman–Crippen LogP) is 16.0. The Hall–Kier alpha value is -7.00. The second kappa shape index (κ2) is 13.4. The Morgan fingerprint density at radius 3 is 1.79 bits per heavy atom. The Balaban J connectivity index is 1.25. The van der Waals surface area contributed by atoms with Gasteiger partial charge in [-0.15, -0.1) is 11.3 Å². The van der Waals surface area contributed by atoms with Crippen LogP contribution < -0.4 is 4.90 Å². The summed E-state index contributed by atoms with van der Waals surface area (Å²) in [6, 6.07) is 78.0. The maximum atomic E-state index is 2.52. The maximum absolute atomic E-state index is 2.52. The zero-order valence-electron chi connectivity index (χ0n) is 30.6. The van der Waals surface area contributed by atoms with Crippen molar-refractivity contribution in [2.45, 2.75) is 0 Å². The predicted molar refractivity (Wildman–Crippen MR) is 243 cm³/mol. The molecule has 0 saturated carbocycles. The van der Waals surface area contributed by atoms with Crippen molar-refractivity contribution in [2.24, 2.45) is 0 Å². The highest BCUT2D eigenvalue weighted by Crippen LogP contribution is 2.50. The molecule has 11 aromatic rings. The molecule has 0 aliphatic rings. The largest absolute Gasteiger partial charge is 0.309 e. The van der Waals surface area contributed by atoms with Gasteiger partial charge in [0.2, 0.25) is 0 Å². The topological polar surface area (TPSA) is 3.24 Å². The minimum atomic E-state index is 1.12. The SMILES string of the molecule is c1ccc(-c2ccc(N(c3ccc4c(c3)sc3ccccc34)c3ccc4ccccc4c3-c3cccc4ccccc34)c(-c3ccc4ccccc4c3)c2)cc1. The smallest absolute Gasteiger partial charge is 0.0546 e. The summed E-state index contributed by atoms with van der Waals surface area (Å²) in [6.45, 7) is 0. The summed E-state index contributed by atoms with van der Waals surface area (Å²) < 4.78 is 2.58. The number of rotatable bonds is 6. The zero-order valence-corrected chi connectivity index (χ0v) is 31.4. The summed E-state index contributed by atoms with van der Waals surface area (Å²) in [6.07, 6.45) is 0. The number of benzene rings is 10. The van der Waals surface area contributed by atoms with E-state index in [0.717, 1.165) is 17.1 Å². The number of anilines is 3. The van der Waals surface area contributed by atoms with Crippen molar-refractivity contribution in [3.8, 4) is 33.4 Å². The number of hydrogen-bond donors (Lipinski definition) is 0. The average Bonchev–Trinajstić information content (AvgIpc) is 3.64. The quantitative estimate of drug-likeness (QED) is 0.165. The molecule has 0 N–H and O–H groups in total. The molecule has 0 amide bonds. The highest BCUT2D eigenvalue weighted by Gasteiger charge is 2.24. The highest BCUT2D eigenvalue weighted by molar-refractivity contribution is 7.25. The van der Waals surface area contributed by atoms with Crippen LogP contribution in [0.5, 0.6) is 0 Å². The summed E-state index contributed by atoms with van der Waals surface area (Å²) in [5, 5.41) is 9.95. The lowest BCUT2D eigenvalue weighted by Gasteiger charge is -2.31. The van der Waals surface area contributed by atoms with Crippen molar-refractivity contribution < 1.29 is 0 Å². The summed E-state index contributed by atoms with van der Waals surface area (Å²) in [7, 11) is 0. The molecule has 11 rings (SSSR count). The van der Waals surface area contributed by atoms with Crippen LogP contribution in [-0.2, 0) is 0 Å². The fourth-order valence-electron chi connectivity index (χ4n) is 8.56. The van der Waals surface area contributed by atoms with Crippen LogP contribution in [0.4, 0.5) is 17.1 Å². The lowest BCUT2D eigenvalue weighted by atomic mass is 9.90. The second-order valence-corrected chi connectivity index (χ2v) is 15.6. The fourth-order valence-corrected chi connectivity index (χ4v) is 9.70. The van der Waals surface area contributed by atoms with E-state index in [1.807, 2.05) is 11.3 Å². The molecule has 0 atom stereocenters. The lowest BCUT2D eigenvalue weighted by molar-refractivity contribution is 1.30. The first-order valence-electron chi connectivity index (χ1n) is 19.2. The number of nitrogens with zero attached hydrogens (tertiary/aromatic N) is 1. The molecule has 0 aliphatic carbocycles. The molecule has 56 heavy (non-hydrogen) atoms. The van der Waals surface area contributed by atoms with E-state index in [-0.39, 0.29) is 0 Å². The maximum Gasteiger partial charge on any atom is 0.0546 e. The number of hydrogen-bond acceptors (Lipinski definition) is 2. The fraction of sp³-hybridized carbons (Fsp3) is 0. The molecule has 1 heterocycles. The van der Waals surface area contributed by atoms with E-state index in [2.05, 4.69) is 217 Å². The third-order valence-electron chi connectivity index (χ3n) is 11.2. The van der Waals surface area contributed by atoms with Crippen LogP contribution in [0.25, 0.3) is 85.9 Å². The molecule has 0 unspecified atom stereocenters. The van der Waals surface area contributed by atoms with Crippen LogP contribution in [0.1, 0.15) is 0 Å².